The highest BCUT2D eigenvalue weighted by atomic mass is 16.5. The van der Waals surface area contributed by atoms with Crippen LogP contribution in [0.1, 0.15) is 42.2 Å². The van der Waals surface area contributed by atoms with E-state index in [0.29, 0.717) is 19.0 Å². The molecule has 0 aliphatic carbocycles. The second-order valence-corrected chi connectivity index (χ2v) is 5.93. The highest BCUT2D eigenvalue weighted by molar-refractivity contribution is 5.87. The molecular formula is C17H20N2O4. The average molecular weight is 316 g/mol. The molecule has 0 atom stereocenters. The number of rotatable bonds is 3. The van der Waals surface area contributed by atoms with Gasteiger partial charge < -0.3 is 14.6 Å². The fraction of sp³-hybridized carbons (Fsp3) is 0.412. The lowest BCUT2D eigenvalue weighted by Gasteiger charge is -2.17. The maximum atomic E-state index is 11.2. The molecule has 23 heavy (non-hydrogen) atoms. The molecule has 1 aliphatic rings. The van der Waals surface area contributed by atoms with Crippen molar-refractivity contribution >= 4 is 5.97 Å². The van der Waals surface area contributed by atoms with Gasteiger partial charge in [-0.15, -0.1) is 0 Å². The number of carbonyl (C=O) groups is 1. The van der Waals surface area contributed by atoms with E-state index in [0.717, 1.165) is 29.0 Å². The predicted octanol–water partition coefficient (Wildman–Crippen LogP) is 3.07. The Bertz CT molecular complexity index is 749. The van der Waals surface area contributed by atoms with Gasteiger partial charge in [-0.25, -0.2) is 4.79 Å². The van der Waals surface area contributed by atoms with Crippen LogP contribution in [0.2, 0.25) is 0 Å². The van der Waals surface area contributed by atoms with Crippen molar-refractivity contribution in [3.05, 3.63) is 29.5 Å². The van der Waals surface area contributed by atoms with Crippen LogP contribution in [-0.2, 0) is 7.05 Å². The summed E-state index contributed by atoms with van der Waals surface area (Å²) in [6.07, 6.45) is 0.843. The molecule has 2 heterocycles. The standard InChI is InChI=1S/C17H20N2O4/c1-10(2)11-7-15-16(23-6-4-5-22-15)8-12(11)14-9-13(17(20)21)18-19(14)3/h7-10H,4-6H2,1-3H3,(H,20,21). The fourth-order valence-electron chi connectivity index (χ4n) is 2.75. The molecule has 0 amide bonds. The maximum absolute atomic E-state index is 11.2. The number of ether oxygens (including phenoxy) is 2. The number of hydrogen-bond donors (Lipinski definition) is 1. The summed E-state index contributed by atoms with van der Waals surface area (Å²) < 4.78 is 13.1. The van der Waals surface area contributed by atoms with Crippen LogP contribution in [0.4, 0.5) is 0 Å². The van der Waals surface area contributed by atoms with E-state index < -0.39 is 5.97 Å². The zero-order valence-corrected chi connectivity index (χ0v) is 13.5. The molecule has 2 aromatic rings. The number of benzene rings is 1. The third-order valence-corrected chi connectivity index (χ3v) is 3.92. The average Bonchev–Trinajstić information content (AvgIpc) is 2.75. The number of aromatic nitrogens is 2. The quantitative estimate of drug-likeness (QED) is 0.942. The molecule has 0 saturated heterocycles. The molecule has 1 aromatic carbocycles. The normalized spacial score (nSPS) is 13.9. The molecule has 122 valence electrons. The van der Waals surface area contributed by atoms with E-state index in [9.17, 15) is 4.79 Å². The molecule has 0 fully saturated rings. The number of aromatic carboxylic acids is 1. The van der Waals surface area contributed by atoms with E-state index in [1.807, 2.05) is 12.1 Å². The van der Waals surface area contributed by atoms with Gasteiger partial charge >= 0.3 is 5.97 Å². The van der Waals surface area contributed by atoms with Crippen LogP contribution < -0.4 is 9.47 Å². The lowest BCUT2D eigenvalue weighted by atomic mass is 9.94. The Hall–Kier alpha value is -2.50. The first-order chi connectivity index (χ1) is 11.0. The highest BCUT2D eigenvalue weighted by Gasteiger charge is 2.21. The maximum Gasteiger partial charge on any atom is 0.356 e. The summed E-state index contributed by atoms with van der Waals surface area (Å²) in [4.78, 5) is 11.2. The molecule has 3 rings (SSSR count). The third-order valence-electron chi connectivity index (χ3n) is 3.92. The monoisotopic (exact) mass is 316 g/mol. The van der Waals surface area contributed by atoms with Gasteiger partial charge in [0.05, 0.1) is 18.9 Å². The van der Waals surface area contributed by atoms with Crippen molar-refractivity contribution in [1.82, 2.24) is 9.78 Å². The van der Waals surface area contributed by atoms with Gasteiger partial charge in [0, 0.05) is 19.0 Å². The van der Waals surface area contributed by atoms with Crippen molar-refractivity contribution in [3.63, 3.8) is 0 Å². The van der Waals surface area contributed by atoms with Crippen LogP contribution in [0, 0.1) is 0 Å². The van der Waals surface area contributed by atoms with E-state index >= 15 is 0 Å². The van der Waals surface area contributed by atoms with E-state index in [1.54, 1.807) is 17.8 Å². The Kier molecular flexibility index (Phi) is 3.98. The van der Waals surface area contributed by atoms with Gasteiger partial charge in [0.2, 0.25) is 0 Å². The summed E-state index contributed by atoms with van der Waals surface area (Å²) in [6, 6.07) is 5.51. The van der Waals surface area contributed by atoms with Crippen molar-refractivity contribution < 1.29 is 19.4 Å². The second kappa shape index (κ2) is 5.95. The molecule has 0 bridgehead atoms. The Morgan fingerprint density at radius 1 is 1.22 bits per heavy atom. The largest absolute Gasteiger partial charge is 0.490 e. The highest BCUT2D eigenvalue weighted by Crippen LogP contribution is 2.40. The zero-order chi connectivity index (χ0) is 16.6. The van der Waals surface area contributed by atoms with Crippen molar-refractivity contribution in [2.75, 3.05) is 13.2 Å². The van der Waals surface area contributed by atoms with Crippen molar-refractivity contribution in [2.24, 2.45) is 7.05 Å². The van der Waals surface area contributed by atoms with Crippen molar-refractivity contribution in [1.29, 1.82) is 0 Å². The van der Waals surface area contributed by atoms with Crippen LogP contribution in [0.25, 0.3) is 11.3 Å². The fourth-order valence-corrected chi connectivity index (χ4v) is 2.75. The summed E-state index contributed by atoms with van der Waals surface area (Å²) in [7, 11) is 1.74. The van der Waals surface area contributed by atoms with Crippen molar-refractivity contribution in [3.8, 4) is 22.8 Å². The minimum absolute atomic E-state index is 0.0318. The van der Waals surface area contributed by atoms with Crippen LogP contribution in [0.15, 0.2) is 18.2 Å². The molecule has 0 unspecified atom stereocenters. The number of carboxylic acids is 1. The van der Waals surface area contributed by atoms with Gasteiger partial charge in [-0.05, 0) is 29.7 Å². The topological polar surface area (TPSA) is 73.6 Å². The summed E-state index contributed by atoms with van der Waals surface area (Å²) in [6.45, 7) is 5.44. The Morgan fingerprint density at radius 2 is 1.87 bits per heavy atom. The van der Waals surface area contributed by atoms with Crippen LogP contribution in [-0.4, -0.2) is 34.1 Å². The molecule has 0 saturated carbocycles. The number of nitrogens with zero attached hydrogens (tertiary/aromatic N) is 2. The molecular weight excluding hydrogens is 296 g/mol. The van der Waals surface area contributed by atoms with E-state index in [4.69, 9.17) is 14.6 Å². The first kappa shape index (κ1) is 15.4. The van der Waals surface area contributed by atoms with Crippen LogP contribution >= 0.6 is 0 Å². The molecule has 1 aromatic heterocycles. The SMILES string of the molecule is CC(C)c1cc2c(cc1-c1cc(C(=O)O)nn1C)OCCCO2. The first-order valence-electron chi connectivity index (χ1n) is 7.68. The minimum Gasteiger partial charge on any atom is -0.490 e. The van der Waals surface area contributed by atoms with Gasteiger partial charge in [0.1, 0.15) is 0 Å². The smallest absolute Gasteiger partial charge is 0.356 e. The summed E-state index contributed by atoms with van der Waals surface area (Å²) >= 11 is 0. The molecule has 1 aliphatic heterocycles. The lowest BCUT2D eigenvalue weighted by Crippen LogP contribution is -2.01. The number of fused-ring (bicyclic) bond motifs is 1. The van der Waals surface area contributed by atoms with Gasteiger partial charge in [-0.1, -0.05) is 13.8 Å². The van der Waals surface area contributed by atoms with Crippen molar-refractivity contribution in [2.45, 2.75) is 26.2 Å². The van der Waals surface area contributed by atoms with E-state index in [1.165, 1.54) is 0 Å². The minimum atomic E-state index is -1.03. The summed E-state index contributed by atoms with van der Waals surface area (Å²) in [5.74, 6) is 0.660. The van der Waals surface area contributed by atoms with Gasteiger partial charge in [-0.3, -0.25) is 4.68 Å². The molecule has 0 spiro atoms. The van der Waals surface area contributed by atoms with Gasteiger partial charge in [0.15, 0.2) is 17.2 Å². The van der Waals surface area contributed by atoms with E-state index in [-0.39, 0.29) is 11.6 Å². The Labute approximate surface area is 134 Å². The summed E-state index contributed by atoms with van der Waals surface area (Å²) in [5, 5.41) is 13.2. The molecule has 6 heteroatoms. The van der Waals surface area contributed by atoms with Crippen LogP contribution in [0.3, 0.4) is 0 Å². The number of hydrogen-bond acceptors (Lipinski definition) is 4. The molecule has 1 N–H and O–H groups in total. The number of aryl methyl sites for hydroxylation is 1. The zero-order valence-electron chi connectivity index (χ0n) is 13.5. The lowest BCUT2D eigenvalue weighted by molar-refractivity contribution is 0.0689. The second-order valence-electron chi connectivity index (χ2n) is 5.93. The van der Waals surface area contributed by atoms with Gasteiger partial charge in [0.25, 0.3) is 0 Å². The Balaban J connectivity index is 2.17. The third kappa shape index (κ3) is 2.88. The Morgan fingerprint density at radius 3 is 2.43 bits per heavy atom. The first-order valence-corrected chi connectivity index (χ1v) is 7.68. The molecule has 0 radical (unpaired) electrons. The predicted molar refractivity (Wildman–Crippen MR) is 85.3 cm³/mol. The van der Waals surface area contributed by atoms with E-state index in [2.05, 4.69) is 18.9 Å². The molecule has 6 nitrogen and oxygen atoms in total. The van der Waals surface area contributed by atoms with Crippen LogP contribution in [0.5, 0.6) is 11.5 Å². The van der Waals surface area contributed by atoms with Gasteiger partial charge in [-0.2, -0.15) is 5.10 Å². The summed E-state index contributed by atoms with van der Waals surface area (Å²) in [5.41, 5.74) is 2.78. The number of carboxylic acid groups (broad SMARTS) is 1.